The van der Waals surface area contributed by atoms with Crippen LogP contribution in [0.2, 0.25) is 0 Å². The highest BCUT2D eigenvalue weighted by molar-refractivity contribution is 5.82. The first kappa shape index (κ1) is 15.3. The first-order chi connectivity index (χ1) is 10.5. The number of carbonyl (C=O) groups is 1. The molecular weight excluding hydrogens is 293 g/mol. The molecular formula is C16H19F3N2O. The number of hydrogen-bond acceptors (Lipinski definition) is 2. The third-order valence-electron chi connectivity index (χ3n) is 4.51. The van der Waals surface area contributed by atoms with Crippen LogP contribution in [0.3, 0.4) is 0 Å². The molecule has 0 spiro atoms. The summed E-state index contributed by atoms with van der Waals surface area (Å²) in [4.78, 5) is 12.9. The summed E-state index contributed by atoms with van der Waals surface area (Å²) in [5.74, 6) is -1.55. The highest BCUT2D eigenvalue weighted by Gasteiger charge is 2.52. The molecule has 22 heavy (non-hydrogen) atoms. The molecule has 1 saturated heterocycles. The van der Waals surface area contributed by atoms with Crippen molar-refractivity contribution in [2.45, 2.75) is 31.0 Å². The zero-order valence-corrected chi connectivity index (χ0v) is 12.1. The molecule has 120 valence electrons. The van der Waals surface area contributed by atoms with E-state index in [1.165, 1.54) is 0 Å². The summed E-state index contributed by atoms with van der Waals surface area (Å²) in [6.45, 7) is 1.69. The second-order valence-corrected chi connectivity index (χ2v) is 6.13. The van der Waals surface area contributed by atoms with Crippen molar-refractivity contribution in [1.82, 2.24) is 10.2 Å². The molecule has 1 aromatic carbocycles. The summed E-state index contributed by atoms with van der Waals surface area (Å²) in [7, 11) is 0. The zero-order chi connectivity index (χ0) is 15.7. The molecule has 6 heteroatoms. The second-order valence-electron chi connectivity index (χ2n) is 6.13. The Morgan fingerprint density at radius 3 is 2.59 bits per heavy atom. The predicted octanol–water partition coefficient (Wildman–Crippen LogP) is 2.54. The van der Waals surface area contributed by atoms with Crippen molar-refractivity contribution in [3.8, 4) is 0 Å². The van der Waals surface area contributed by atoms with Gasteiger partial charge in [0, 0.05) is 18.5 Å². The van der Waals surface area contributed by atoms with Gasteiger partial charge in [0.1, 0.15) is 0 Å². The van der Waals surface area contributed by atoms with Gasteiger partial charge in [0.25, 0.3) is 0 Å². The van der Waals surface area contributed by atoms with E-state index in [9.17, 15) is 18.0 Å². The van der Waals surface area contributed by atoms with Crippen molar-refractivity contribution in [2.75, 3.05) is 19.6 Å². The van der Waals surface area contributed by atoms with Crippen LogP contribution in [-0.4, -0.2) is 42.7 Å². The minimum absolute atomic E-state index is 0.0295. The number of benzene rings is 1. The molecule has 3 unspecified atom stereocenters. The molecule has 1 aromatic rings. The van der Waals surface area contributed by atoms with Crippen LogP contribution in [0.4, 0.5) is 13.2 Å². The van der Waals surface area contributed by atoms with Crippen molar-refractivity contribution in [3.05, 3.63) is 35.9 Å². The van der Waals surface area contributed by atoms with Crippen LogP contribution >= 0.6 is 0 Å². The fourth-order valence-electron chi connectivity index (χ4n) is 3.26. The molecule has 0 radical (unpaired) electrons. The number of carbonyl (C=O) groups excluding carboxylic acids is 1. The number of hydrogen-bond donors (Lipinski definition) is 1. The Balaban J connectivity index is 1.73. The highest BCUT2D eigenvalue weighted by atomic mass is 19.4. The minimum atomic E-state index is -4.80. The van der Waals surface area contributed by atoms with Gasteiger partial charge in [0.15, 0.2) is 0 Å². The molecule has 1 heterocycles. The SMILES string of the molecule is O=C(N(CC1CCNC1)C1CC1c1ccccc1)C(F)(F)F. The summed E-state index contributed by atoms with van der Waals surface area (Å²) >= 11 is 0. The maximum absolute atomic E-state index is 12.9. The summed E-state index contributed by atoms with van der Waals surface area (Å²) in [5, 5.41) is 3.14. The first-order valence-electron chi connectivity index (χ1n) is 7.60. The van der Waals surface area contributed by atoms with E-state index in [2.05, 4.69) is 5.32 Å². The Morgan fingerprint density at radius 2 is 2.00 bits per heavy atom. The van der Waals surface area contributed by atoms with E-state index in [4.69, 9.17) is 0 Å². The normalized spacial score (nSPS) is 27.7. The number of halogens is 3. The molecule has 2 aliphatic rings. The Kier molecular flexibility index (Phi) is 4.12. The van der Waals surface area contributed by atoms with Gasteiger partial charge < -0.3 is 10.2 Å². The Morgan fingerprint density at radius 1 is 1.27 bits per heavy atom. The van der Waals surface area contributed by atoms with Gasteiger partial charge in [-0.15, -0.1) is 0 Å². The van der Waals surface area contributed by atoms with E-state index in [1.54, 1.807) is 0 Å². The zero-order valence-electron chi connectivity index (χ0n) is 12.1. The highest BCUT2D eigenvalue weighted by Crippen LogP contribution is 2.46. The number of rotatable bonds is 4. The largest absolute Gasteiger partial charge is 0.471 e. The first-order valence-corrected chi connectivity index (χ1v) is 7.60. The Labute approximate surface area is 127 Å². The van der Waals surface area contributed by atoms with Crippen LogP contribution in [-0.2, 0) is 4.79 Å². The lowest BCUT2D eigenvalue weighted by molar-refractivity contribution is -0.186. The fourth-order valence-corrected chi connectivity index (χ4v) is 3.26. The Bertz CT molecular complexity index is 526. The maximum atomic E-state index is 12.9. The van der Waals surface area contributed by atoms with Crippen LogP contribution in [0.15, 0.2) is 30.3 Å². The molecule has 3 rings (SSSR count). The van der Waals surface area contributed by atoms with E-state index in [0.717, 1.165) is 23.4 Å². The average molecular weight is 312 g/mol. The lowest BCUT2D eigenvalue weighted by Crippen LogP contribution is -2.45. The van der Waals surface area contributed by atoms with E-state index < -0.39 is 12.1 Å². The van der Waals surface area contributed by atoms with E-state index >= 15 is 0 Å². The molecule has 1 aliphatic heterocycles. The van der Waals surface area contributed by atoms with Gasteiger partial charge in [-0.3, -0.25) is 4.79 Å². The molecule has 1 amide bonds. The van der Waals surface area contributed by atoms with Gasteiger partial charge in [0.2, 0.25) is 0 Å². The van der Waals surface area contributed by atoms with E-state index in [0.29, 0.717) is 13.0 Å². The van der Waals surface area contributed by atoms with Gasteiger partial charge in [-0.1, -0.05) is 30.3 Å². The second kappa shape index (κ2) is 5.91. The maximum Gasteiger partial charge on any atom is 0.471 e. The fraction of sp³-hybridized carbons (Fsp3) is 0.562. The van der Waals surface area contributed by atoms with Crippen molar-refractivity contribution in [1.29, 1.82) is 0 Å². The van der Waals surface area contributed by atoms with Gasteiger partial charge >= 0.3 is 12.1 Å². The monoisotopic (exact) mass is 312 g/mol. The van der Waals surface area contributed by atoms with Gasteiger partial charge in [0.05, 0.1) is 0 Å². The molecule has 1 saturated carbocycles. The van der Waals surface area contributed by atoms with Crippen molar-refractivity contribution in [3.63, 3.8) is 0 Å². The predicted molar refractivity (Wildman–Crippen MR) is 76.3 cm³/mol. The standard InChI is InChI=1S/C16H19F3N2O/c17-16(18,19)15(22)21(10-11-6-7-20-9-11)14-8-13(14)12-4-2-1-3-5-12/h1-5,11,13-14,20H,6-10H2. The number of nitrogens with one attached hydrogen (secondary N) is 1. The average Bonchev–Trinajstić information content (AvgIpc) is 3.12. The summed E-state index contributed by atoms with van der Waals surface area (Å²) in [5.41, 5.74) is 1.01. The smallest absolute Gasteiger partial charge is 0.331 e. The summed E-state index contributed by atoms with van der Waals surface area (Å²) in [6, 6.07) is 9.14. The van der Waals surface area contributed by atoms with Crippen LogP contribution in [0, 0.1) is 5.92 Å². The molecule has 2 fully saturated rings. The minimum Gasteiger partial charge on any atom is -0.331 e. The van der Waals surface area contributed by atoms with Crippen LogP contribution in [0.25, 0.3) is 0 Å². The van der Waals surface area contributed by atoms with Gasteiger partial charge in [-0.2, -0.15) is 13.2 Å². The lowest BCUT2D eigenvalue weighted by Gasteiger charge is -2.27. The summed E-state index contributed by atoms with van der Waals surface area (Å²) < 4.78 is 38.7. The quantitative estimate of drug-likeness (QED) is 0.927. The lowest BCUT2D eigenvalue weighted by atomic mass is 10.1. The number of amides is 1. The molecule has 3 nitrogen and oxygen atoms in total. The topological polar surface area (TPSA) is 32.3 Å². The molecule has 1 aliphatic carbocycles. The van der Waals surface area contributed by atoms with Gasteiger partial charge in [-0.25, -0.2) is 0 Å². The molecule has 3 atom stereocenters. The van der Waals surface area contributed by atoms with Gasteiger partial charge in [-0.05, 0) is 37.4 Å². The third-order valence-corrected chi connectivity index (χ3v) is 4.51. The third kappa shape index (κ3) is 3.27. The van der Waals surface area contributed by atoms with Crippen LogP contribution in [0.1, 0.15) is 24.3 Å². The van der Waals surface area contributed by atoms with E-state index in [-0.39, 0.29) is 24.4 Å². The molecule has 0 aromatic heterocycles. The van der Waals surface area contributed by atoms with Crippen LogP contribution in [0.5, 0.6) is 0 Å². The van der Waals surface area contributed by atoms with Crippen molar-refractivity contribution in [2.24, 2.45) is 5.92 Å². The van der Waals surface area contributed by atoms with Crippen LogP contribution < -0.4 is 5.32 Å². The molecule has 1 N–H and O–H groups in total. The summed E-state index contributed by atoms with van der Waals surface area (Å²) in [6.07, 6.45) is -3.35. The number of nitrogens with zero attached hydrogens (tertiary/aromatic N) is 1. The van der Waals surface area contributed by atoms with Crippen molar-refractivity contribution >= 4 is 5.91 Å². The van der Waals surface area contributed by atoms with E-state index in [1.807, 2.05) is 30.3 Å². The molecule has 0 bridgehead atoms. The number of alkyl halides is 3. The Hall–Kier alpha value is -1.56. The van der Waals surface area contributed by atoms with Crippen molar-refractivity contribution < 1.29 is 18.0 Å².